The van der Waals surface area contributed by atoms with Crippen LogP contribution in [0.5, 0.6) is 0 Å². The molecule has 2 rings (SSSR count). The van der Waals surface area contributed by atoms with E-state index < -0.39 is 5.97 Å². The van der Waals surface area contributed by atoms with Gasteiger partial charge in [0.2, 0.25) is 0 Å². The standard InChI is InChI=1S/C11H18N4O3/c1-6-7(2)18-8(3)10(6)11-12-13-14-15(11)5-4-9(16)17/h6-8,10H,4-5H2,1-3H3,(H,16,17). The molecule has 0 bridgehead atoms. The predicted octanol–water partition coefficient (Wildman–Crippen LogP) is 0.675. The van der Waals surface area contributed by atoms with E-state index in [4.69, 9.17) is 9.84 Å². The third-order valence-electron chi connectivity index (χ3n) is 3.64. The third-order valence-corrected chi connectivity index (χ3v) is 3.64. The molecule has 1 N–H and O–H groups in total. The predicted molar refractivity (Wildman–Crippen MR) is 62.0 cm³/mol. The lowest BCUT2D eigenvalue weighted by molar-refractivity contribution is -0.137. The summed E-state index contributed by atoms with van der Waals surface area (Å²) in [7, 11) is 0. The highest BCUT2D eigenvalue weighted by Crippen LogP contribution is 2.38. The first-order valence-corrected chi connectivity index (χ1v) is 6.14. The van der Waals surface area contributed by atoms with E-state index in [2.05, 4.69) is 22.4 Å². The Morgan fingerprint density at radius 3 is 2.67 bits per heavy atom. The van der Waals surface area contributed by atoms with Gasteiger partial charge in [0.05, 0.1) is 31.1 Å². The van der Waals surface area contributed by atoms with Gasteiger partial charge in [0, 0.05) is 0 Å². The molecule has 1 fully saturated rings. The smallest absolute Gasteiger partial charge is 0.305 e. The van der Waals surface area contributed by atoms with Crippen LogP contribution in [0.25, 0.3) is 0 Å². The normalized spacial score (nSPS) is 31.7. The Kier molecular flexibility index (Phi) is 3.60. The van der Waals surface area contributed by atoms with E-state index >= 15 is 0 Å². The molecule has 18 heavy (non-hydrogen) atoms. The van der Waals surface area contributed by atoms with Crippen molar-refractivity contribution in [2.45, 2.75) is 51.9 Å². The summed E-state index contributed by atoms with van der Waals surface area (Å²) in [6.45, 7) is 6.43. The van der Waals surface area contributed by atoms with E-state index in [1.165, 1.54) is 0 Å². The van der Waals surface area contributed by atoms with Crippen LogP contribution in [0.2, 0.25) is 0 Å². The highest BCUT2D eigenvalue weighted by Gasteiger charge is 2.41. The topological polar surface area (TPSA) is 90.1 Å². The van der Waals surface area contributed by atoms with Crippen molar-refractivity contribution in [1.82, 2.24) is 20.2 Å². The Labute approximate surface area is 105 Å². The number of hydrogen-bond donors (Lipinski definition) is 1. The molecule has 0 aromatic carbocycles. The third kappa shape index (κ3) is 2.35. The number of rotatable bonds is 4. The molecule has 7 heteroatoms. The van der Waals surface area contributed by atoms with Crippen LogP contribution in [0, 0.1) is 5.92 Å². The summed E-state index contributed by atoms with van der Waals surface area (Å²) < 4.78 is 7.34. The molecule has 100 valence electrons. The van der Waals surface area contributed by atoms with E-state index in [-0.39, 0.29) is 24.5 Å². The van der Waals surface area contributed by atoms with Crippen molar-refractivity contribution in [2.75, 3.05) is 0 Å². The van der Waals surface area contributed by atoms with Gasteiger partial charge in [-0.2, -0.15) is 0 Å². The summed E-state index contributed by atoms with van der Waals surface area (Å²) in [6, 6.07) is 0. The number of ether oxygens (including phenoxy) is 1. The van der Waals surface area contributed by atoms with Crippen molar-refractivity contribution in [3.8, 4) is 0 Å². The fourth-order valence-corrected chi connectivity index (χ4v) is 2.52. The molecule has 0 radical (unpaired) electrons. The Hall–Kier alpha value is -1.50. The number of carboxylic acids is 1. The molecule has 7 nitrogen and oxygen atoms in total. The molecular weight excluding hydrogens is 236 g/mol. The number of aliphatic carboxylic acids is 1. The number of nitrogens with zero attached hydrogens (tertiary/aromatic N) is 4. The van der Waals surface area contributed by atoms with Crippen molar-refractivity contribution in [2.24, 2.45) is 5.92 Å². The van der Waals surface area contributed by atoms with Crippen LogP contribution in [0.15, 0.2) is 0 Å². The second-order valence-corrected chi connectivity index (χ2v) is 4.84. The van der Waals surface area contributed by atoms with Crippen LogP contribution in [0.1, 0.15) is 38.9 Å². The number of aromatic nitrogens is 4. The van der Waals surface area contributed by atoms with Crippen molar-refractivity contribution in [1.29, 1.82) is 0 Å². The van der Waals surface area contributed by atoms with Gasteiger partial charge in [0.1, 0.15) is 0 Å². The first-order chi connectivity index (χ1) is 8.50. The maximum Gasteiger partial charge on any atom is 0.305 e. The second kappa shape index (κ2) is 5.01. The molecule has 1 aromatic rings. The van der Waals surface area contributed by atoms with Crippen molar-refractivity contribution >= 4 is 5.97 Å². The van der Waals surface area contributed by atoms with Crippen LogP contribution in [-0.2, 0) is 16.1 Å². The number of carboxylic acid groups (broad SMARTS) is 1. The monoisotopic (exact) mass is 254 g/mol. The van der Waals surface area contributed by atoms with Gasteiger partial charge in [-0.05, 0) is 30.2 Å². The summed E-state index contributed by atoms with van der Waals surface area (Å²) in [5, 5.41) is 20.3. The molecule has 1 aliphatic rings. The van der Waals surface area contributed by atoms with Crippen LogP contribution in [0.3, 0.4) is 0 Å². The van der Waals surface area contributed by atoms with Gasteiger partial charge >= 0.3 is 5.97 Å². The average Bonchev–Trinajstić information content (AvgIpc) is 2.82. The fraction of sp³-hybridized carbons (Fsp3) is 0.818. The molecule has 0 saturated carbocycles. The van der Waals surface area contributed by atoms with Gasteiger partial charge in [0.15, 0.2) is 5.82 Å². The van der Waals surface area contributed by atoms with E-state index in [9.17, 15) is 4.79 Å². The maximum atomic E-state index is 10.6. The summed E-state index contributed by atoms with van der Waals surface area (Å²) in [6.07, 6.45) is 0.225. The Bertz CT molecular complexity index is 434. The molecule has 4 unspecified atom stereocenters. The lowest BCUT2D eigenvalue weighted by Crippen LogP contribution is -2.21. The zero-order chi connectivity index (χ0) is 13.3. The van der Waals surface area contributed by atoms with E-state index in [0.717, 1.165) is 5.82 Å². The first kappa shape index (κ1) is 12.9. The molecule has 1 aromatic heterocycles. The van der Waals surface area contributed by atoms with Gasteiger partial charge < -0.3 is 9.84 Å². The number of aryl methyl sites for hydroxylation is 1. The maximum absolute atomic E-state index is 10.6. The SMILES string of the molecule is CC1OC(C)C(c2nnnn2CCC(=O)O)C1C. The zero-order valence-electron chi connectivity index (χ0n) is 10.8. The largest absolute Gasteiger partial charge is 0.481 e. The molecular formula is C11H18N4O3. The van der Waals surface area contributed by atoms with Gasteiger partial charge in [-0.3, -0.25) is 4.79 Å². The summed E-state index contributed by atoms with van der Waals surface area (Å²) in [5.74, 6) is 0.299. The van der Waals surface area contributed by atoms with Crippen molar-refractivity contribution in [3.63, 3.8) is 0 Å². The highest BCUT2D eigenvalue weighted by molar-refractivity contribution is 5.66. The van der Waals surface area contributed by atoms with Crippen molar-refractivity contribution in [3.05, 3.63) is 5.82 Å². The van der Waals surface area contributed by atoms with E-state index in [1.54, 1.807) is 4.68 Å². The second-order valence-electron chi connectivity index (χ2n) is 4.84. The Morgan fingerprint density at radius 2 is 2.11 bits per heavy atom. The first-order valence-electron chi connectivity index (χ1n) is 6.14. The van der Waals surface area contributed by atoms with Crippen LogP contribution < -0.4 is 0 Å². The molecule has 0 aliphatic carbocycles. The molecule has 1 aliphatic heterocycles. The molecule has 4 atom stereocenters. The lowest BCUT2D eigenvalue weighted by atomic mass is 9.89. The Balaban J connectivity index is 2.18. The number of carbonyl (C=O) groups is 1. The lowest BCUT2D eigenvalue weighted by Gasteiger charge is -2.17. The summed E-state index contributed by atoms with van der Waals surface area (Å²) >= 11 is 0. The molecule has 0 amide bonds. The molecule has 1 saturated heterocycles. The molecule has 0 spiro atoms. The zero-order valence-corrected chi connectivity index (χ0v) is 10.8. The van der Waals surface area contributed by atoms with Gasteiger partial charge in [-0.15, -0.1) is 5.10 Å². The van der Waals surface area contributed by atoms with Gasteiger partial charge in [-0.25, -0.2) is 4.68 Å². The number of tetrazole rings is 1. The van der Waals surface area contributed by atoms with E-state index in [0.29, 0.717) is 12.5 Å². The fourth-order valence-electron chi connectivity index (χ4n) is 2.52. The summed E-state index contributed by atoms with van der Waals surface area (Å²) in [4.78, 5) is 10.6. The van der Waals surface area contributed by atoms with E-state index in [1.807, 2.05) is 13.8 Å². The van der Waals surface area contributed by atoms with Gasteiger partial charge in [-0.1, -0.05) is 6.92 Å². The van der Waals surface area contributed by atoms with Crippen LogP contribution >= 0.6 is 0 Å². The van der Waals surface area contributed by atoms with Crippen LogP contribution in [0.4, 0.5) is 0 Å². The van der Waals surface area contributed by atoms with Crippen molar-refractivity contribution < 1.29 is 14.6 Å². The minimum absolute atomic E-state index is 0.0178. The minimum atomic E-state index is -0.853. The quantitative estimate of drug-likeness (QED) is 0.849. The average molecular weight is 254 g/mol. The highest BCUT2D eigenvalue weighted by atomic mass is 16.5. The van der Waals surface area contributed by atoms with Crippen LogP contribution in [-0.4, -0.2) is 43.5 Å². The van der Waals surface area contributed by atoms with Gasteiger partial charge in [0.25, 0.3) is 0 Å². The Morgan fingerprint density at radius 1 is 1.39 bits per heavy atom. The molecule has 2 heterocycles. The minimum Gasteiger partial charge on any atom is -0.481 e. The summed E-state index contributed by atoms with van der Waals surface area (Å²) in [5.41, 5.74) is 0. The number of hydrogen-bond acceptors (Lipinski definition) is 5.